The minimum Gasteiger partial charge on any atom is -0.330 e. The number of hydrogen-bond donors (Lipinski definition) is 1. The molecule has 0 aromatic carbocycles. The topological polar surface area (TPSA) is 26.0 Å². The van der Waals surface area contributed by atoms with Crippen molar-refractivity contribution in [3.63, 3.8) is 0 Å². The van der Waals surface area contributed by atoms with E-state index in [0.29, 0.717) is 0 Å². The van der Waals surface area contributed by atoms with Crippen LogP contribution in [0.4, 0.5) is 0 Å². The van der Waals surface area contributed by atoms with Crippen molar-refractivity contribution < 1.29 is 0 Å². The third-order valence-corrected chi connectivity index (χ3v) is 4.31. The largest absolute Gasteiger partial charge is 0.330 e. The van der Waals surface area contributed by atoms with Crippen LogP contribution in [0.1, 0.15) is 89.9 Å². The van der Waals surface area contributed by atoms with Gasteiger partial charge < -0.3 is 5.73 Å². The summed E-state index contributed by atoms with van der Waals surface area (Å²) in [6.45, 7) is 0.860. The molecule has 0 radical (unpaired) electrons. The molecule has 0 unspecified atom stereocenters. The highest BCUT2D eigenvalue weighted by molar-refractivity contribution is 9.09. The highest BCUT2D eigenvalue weighted by Crippen LogP contribution is 2.10. The van der Waals surface area contributed by atoms with Gasteiger partial charge in [0.15, 0.2) is 0 Å². The van der Waals surface area contributed by atoms with Gasteiger partial charge in [-0.1, -0.05) is 79.4 Å². The minimum atomic E-state index is 0.860. The monoisotopic (exact) mass is 345 g/mol. The zero-order valence-corrected chi connectivity index (χ0v) is 15.0. The van der Waals surface area contributed by atoms with Crippen molar-refractivity contribution in [1.82, 2.24) is 0 Å². The minimum absolute atomic E-state index is 0.860. The Morgan fingerprint density at radius 3 is 1.40 bits per heavy atom. The molecule has 0 spiro atoms. The molecule has 20 heavy (non-hydrogen) atoms. The Morgan fingerprint density at radius 1 is 0.550 bits per heavy atom. The molecule has 0 heterocycles. The maximum atomic E-state index is 5.48. The maximum absolute atomic E-state index is 5.48. The van der Waals surface area contributed by atoms with Gasteiger partial charge in [0.1, 0.15) is 0 Å². The molecule has 0 rings (SSSR count). The van der Waals surface area contributed by atoms with Crippen LogP contribution < -0.4 is 5.73 Å². The first-order valence-corrected chi connectivity index (χ1v) is 9.95. The molecule has 0 atom stereocenters. The van der Waals surface area contributed by atoms with E-state index < -0.39 is 0 Å². The molecule has 2 N–H and O–H groups in total. The molecule has 0 aliphatic rings. The second kappa shape index (κ2) is 19.2. The highest BCUT2D eigenvalue weighted by atomic mass is 79.9. The number of hydrogen-bond acceptors (Lipinski definition) is 1. The van der Waals surface area contributed by atoms with Crippen LogP contribution in [0.15, 0.2) is 12.2 Å². The van der Waals surface area contributed by atoms with Crippen molar-refractivity contribution in [2.45, 2.75) is 89.9 Å². The summed E-state index contributed by atoms with van der Waals surface area (Å²) in [6.07, 6.45) is 23.8. The van der Waals surface area contributed by atoms with Crippen LogP contribution in [0.5, 0.6) is 0 Å². The molecule has 2 heteroatoms. The highest BCUT2D eigenvalue weighted by Gasteiger charge is 1.91. The van der Waals surface area contributed by atoms with Crippen LogP contribution in [0, 0.1) is 0 Å². The molecule has 0 aliphatic heterocycles. The Hall–Kier alpha value is 0.180. The third kappa shape index (κ3) is 18.2. The van der Waals surface area contributed by atoms with Crippen molar-refractivity contribution in [3.8, 4) is 0 Å². The van der Waals surface area contributed by atoms with Crippen LogP contribution in [0.3, 0.4) is 0 Å². The number of alkyl halides is 1. The lowest BCUT2D eigenvalue weighted by molar-refractivity contribution is 0.599. The lowest BCUT2D eigenvalue weighted by atomic mass is 10.1. The maximum Gasteiger partial charge on any atom is 0.00313 e. The summed E-state index contributed by atoms with van der Waals surface area (Å²) in [4.78, 5) is 0. The van der Waals surface area contributed by atoms with Crippen LogP contribution in [-0.4, -0.2) is 11.9 Å². The number of nitrogens with two attached hydrogens (primary N) is 1. The smallest absolute Gasteiger partial charge is 0.00313 e. The van der Waals surface area contributed by atoms with Crippen LogP contribution in [0.25, 0.3) is 0 Å². The van der Waals surface area contributed by atoms with Crippen LogP contribution in [0.2, 0.25) is 0 Å². The Labute approximate surface area is 135 Å². The predicted octanol–water partition coefficient (Wildman–Crippen LogP) is 6.36. The molecule has 1 nitrogen and oxygen atoms in total. The summed E-state index contributed by atoms with van der Waals surface area (Å²) in [5, 5.41) is 1.17. The standard InChI is InChI=1S/C18H36BrN/c19-17-15-13-11-9-7-5-3-1-2-4-6-8-10-12-14-16-18-20/h1-2H,3-18,20H2/b2-1-. The van der Waals surface area contributed by atoms with Crippen molar-refractivity contribution >= 4 is 15.9 Å². The van der Waals surface area contributed by atoms with E-state index in [9.17, 15) is 0 Å². The van der Waals surface area contributed by atoms with Gasteiger partial charge >= 0.3 is 0 Å². The predicted molar refractivity (Wildman–Crippen MR) is 96.6 cm³/mol. The number of halogens is 1. The first-order valence-electron chi connectivity index (χ1n) is 8.83. The van der Waals surface area contributed by atoms with Gasteiger partial charge in [-0.25, -0.2) is 0 Å². The van der Waals surface area contributed by atoms with Gasteiger partial charge in [-0.15, -0.1) is 0 Å². The molecule has 0 saturated carbocycles. The van der Waals surface area contributed by atoms with E-state index in [4.69, 9.17) is 5.73 Å². The fourth-order valence-corrected chi connectivity index (χ4v) is 2.81. The Kier molecular flexibility index (Phi) is 19.4. The van der Waals surface area contributed by atoms with Crippen molar-refractivity contribution in [2.75, 3.05) is 11.9 Å². The number of unbranched alkanes of at least 4 members (excludes halogenated alkanes) is 12. The number of allylic oxidation sites excluding steroid dienone is 2. The van der Waals surface area contributed by atoms with E-state index in [2.05, 4.69) is 28.1 Å². The first-order chi connectivity index (χ1) is 9.91. The quantitative estimate of drug-likeness (QED) is 0.196. The lowest BCUT2D eigenvalue weighted by Crippen LogP contribution is -1.97. The Bertz CT molecular complexity index is 172. The van der Waals surface area contributed by atoms with E-state index in [1.165, 1.54) is 95.2 Å². The zero-order valence-electron chi connectivity index (χ0n) is 13.4. The second-order valence-electron chi connectivity index (χ2n) is 5.77. The molecule has 0 saturated heterocycles. The van der Waals surface area contributed by atoms with E-state index in [1.54, 1.807) is 0 Å². The van der Waals surface area contributed by atoms with E-state index >= 15 is 0 Å². The van der Waals surface area contributed by atoms with Gasteiger partial charge in [0, 0.05) is 5.33 Å². The molecule has 0 fully saturated rings. The number of rotatable bonds is 16. The van der Waals surface area contributed by atoms with Gasteiger partial charge in [-0.3, -0.25) is 0 Å². The van der Waals surface area contributed by atoms with E-state index in [-0.39, 0.29) is 0 Å². The average Bonchev–Trinajstić information content (AvgIpc) is 2.47. The summed E-state index contributed by atoms with van der Waals surface area (Å²) in [6, 6.07) is 0. The van der Waals surface area contributed by atoms with Crippen molar-refractivity contribution in [3.05, 3.63) is 12.2 Å². The fraction of sp³-hybridized carbons (Fsp3) is 0.889. The van der Waals surface area contributed by atoms with Gasteiger partial charge in [0.2, 0.25) is 0 Å². The van der Waals surface area contributed by atoms with E-state index in [1.807, 2.05) is 0 Å². The first kappa shape index (κ1) is 20.2. The molecule has 0 bridgehead atoms. The molecule has 0 aromatic rings. The fourth-order valence-electron chi connectivity index (χ4n) is 2.41. The SMILES string of the molecule is NCCCCCCCC/C=C\CCCCCCCCBr. The van der Waals surface area contributed by atoms with Crippen LogP contribution >= 0.6 is 15.9 Å². The summed E-state index contributed by atoms with van der Waals surface area (Å²) in [5.41, 5.74) is 5.48. The zero-order chi connectivity index (χ0) is 14.7. The molecule has 0 aromatic heterocycles. The molecular formula is C18H36BrN. The lowest BCUT2D eigenvalue weighted by Gasteiger charge is -1.99. The normalized spacial score (nSPS) is 11.5. The third-order valence-electron chi connectivity index (χ3n) is 3.75. The average molecular weight is 346 g/mol. The summed E-state index contributed by atoms with van der Waals surface area (Å²) < 4.78 is 0. The molecular weight excluding hydrogens is 310 g/mol. The van der Waals surface area contributed by atoms with Gasteiger partial charge in [0.25, 0.3) is 0 Å². The summed E-state index contributed by atoms with van der Waals surface area (Å²) in [5.74, 6) is 0. The molecule has 0 aliphatic carbocycles. The molecule has 120 valence electrons. The van der Waals surface area contributed by atoms with E-state index in [0.717, 1.165) is 6.54 Å². The van der Waals surface area contributed by atoms with Crippen LogP contribution in [-0.2, 0) is 0 Å². The summed E-state index contributed by atoms with van der Waals surface area (Å²) in [7, 11) is 0. The summed E-state index contributed by atoms with van der Waals surface area (Å²) >= 11 is 3.48. The molecule has 0 amide bonds. The van der Waals surface area contributed by atoms with Crippen molar-refractivity contribution in [2.24, 2.45) is 5.73 Å². The Balaban J connectivity index is 3.01. The van der Waals surface area contributed by atoms with Crippen molar-refractivity contribution in [1.29, 1.82) is 0 Å². The van der Waals surface area contributed by atoms with Gasteiger partial charge in [-0.05, 0) is 45.1 Å². The van der Waals surface area contributed by atoms with Gasteiger partial charge in [0.05, 0.1) is 0 Å². The Morgan fingerprint density at radius 2 is 0.950 bits per heavy atom. The second-order valence-corrected chi connectivity index (χ2v) is 6.56. The van der Waals surface area contributed by atoms with Gasteiger partial charge in [-0.2, -0.15) is 0 Å².